The van der Waals surface area contributed by atoms with E-state index in [0.717, 1.165) is 12.8 Å². The minimum Gasteiger partial charge on any atom is -0.0984 e. The van der Waals surface area contributed by atoms with E-state index < -0.39 is 0 Å². The Labute approximate surface area is 87.0 Å². The van der Waals surface area contributed by atoms with E-state index in [4.69, 9.17) is 0 Å². The van der Waals surface area contributed by atoms with Gasteiger partial charge in [-0.15, -0.1) is 0 Å². The summed E-state index contributed by atoms with van der Waals surface area (Å²) in [6.45, 7) is 12.0. The average molecular weight is 186 g/mol. The molecular weight excluding hydrogens is 168 g/mol. The van der Waals surface area contributed by atoms with Crippen molar-refractivity contribution in [2.24, 2.45) is 0 Å². The lowest BCUT2D eigenvalue weighted by Gasteiger charge is -2.10. The predicted molar refractivity (Wildman–Crippen MR) is 65.4 cm³/mol. The van der Waals surface area contributed by atoms with E-state index in [1.807, 2.05) is 12.2 Å². The zero-order chi connectivity index (χ0) is 10.6. The van der Waals surface area contributed by atoms with Crippen molar-refractivity contribution in [1.29, 1.82) is 0 Å². The predicted octanol–water partition coefficient (Wildman–Crippen LogP) is 4.10. The van der Waals surface area contributed by atoms with Crippen LogP contribution in [0.3, 0.4) is 0 Å². The minimum atomic E-state index is 1.08. The highest BCUT2D eigenvalue weighted by atomic mass is 14.1. The number of hydrogen-bond donors (Lipinski definition) is 0. The maximum absolute atomic E-state index is 3.82. The molecule has 0 fully saturated rings. The molecule has 0 aliphatic heterocycles. The van der Waals surface area contributed by atoms with Gasteiger partial charge in [0.05, 0.1) is 0 Å². The molecule has 0 saturated heterocycles. The van der Waals surface area contributed by atoms with Crippen LogP contribution in [0.2, 0.25) is 0 Å². The summed E-state index contributed by atoms with van der Waals surface area (Å²) in [5, 5.41) is 0. The molecule has 0 saturated carbocycles. The Morgan fingerprint density at radius 3 is 1.50 bits per heavy atom. The van der Waals surface area contributed by atoms with Crippen molar-refractivity contribution in [3.63, 3.8) is 0 Å². The molecule has 0 unspecified atom stereocenters. The van der Waals surface area contributed by atoms with Gasteiger partial charge in [0.2, 0.25) is 0 Å². The van der Waals surface area contributed by atoms with E-state index in [-0.39, 0.29) is 0 Å². The molecule has 0 spiro atoms. The molecule has 0 nitrogen and oxygen atoms in total. The average Bonchev–Trinajstić information content (AvgIpc) is 2.26. The first-order chi connectivity index (χ1) is 6.76. The fourth-order valence-electron chi connectivity index (χ4n) is 1.74. The summed E-state index contributed by atoms with van der Waals surface area (Å²) in [5.74, 6) is 0. The van der Waals surface area contributed by atoms with Crippen LogP contribution in [0.1, 0.15) is 36.1 Å². The van der Waals surface area contributed by atoms with Gasteiger partial charge in [0.15, 0.2) is 0 Å². The molecule has 0 heterocycles. The van der Waals surface area contributed by atoms with Gasteiger partial charge in [-0.25, -0.2) is 0 Å². The molecule has 1 aromatic carbocycles. The van der Waals surface area contributed by atoms with Crippen LogP contribution in [0.4, 0.5) is 0 Å². The molecule has 0 aliphatic carbocycles. The van der Waals surface area contributed by atoms with Crippen molar-refractivity contribution in [2.45, 2.75) is 26.7 Å². The Morgan fingerprint density at radius 2 is 1.29 bits per heavy atom. The Morgan fingerprint density at radius 1 is 0.929 bits per heavy atom. The second-order valence-electron chi connectivity index (χ2n) is 3.37. The third-order valence-electron chi connectivity index (χ3n) is 2.61. The number of benzene rings is 1. The van der Waals surface area contributed by atoms with Gasteiger partial charge in [-0.05, 0) is 35.1 Å². The molecule has 0 heteroatoms. The van der Waals surface area contributed by atoms with E-state index in [0.29, 0.717) is 0 Å². The lowest BCUT2D eigenvalue weighted by atomic mass is 9.95. The molecule has 0 amide bonds. The standard InChI is InChI=1S/C14H18/c1-5-11-9-13(7-3)14(8-4)10-12(11)6-2/h5-6,9-10H,1-2,7-8H2,3-4H3. The highest BCUT2D eigenvalue weighted by Gasteiger charge is 2.03. The Kier molecular flexibility index (Phi) is 3.70. The van der Waals surface area contributed by atoms with Crippen LogP contribution >= 0.6 is 0 Å². The quantitative estimate of drug-likeness (QED) is 0.664. The molecule has 0 atom stereocenters. The van der Waals surface area contributed by atoms with Crippen LogP contribution in [-0.2, 0) is 12.8 Å². The summed E-state index contributed by atoms with van der Waals surface area (Å²) in [6.07, 6.45) is 5.97. The first-order valence-corrected chi connectivity index (χ1v) is 5.17. The summed E-state index contributed by atoms with van der Waals surface area (Å²) in [5.41, 5.74) is 5.23. The van der Waals surface area contributed by atoms with Gasteiger partial charge in [0.25, 0.3) is 0 Å². The summed E-state index contributed by atoms with van der Waals surface area (Å²) in [6, 6.07) is 4.45. The highest BCUT2D eigenvalue weighted by molar-refractivity contribution is 5.65. The van der Waals surface area contributed by atoms with Crippen molar-refractivity contribution in [2.75, 3.05) is 0 Å². The lowest BCUT2D eigenvalue weighted by Crippen LogP contribution is -1.94. The Balaban J connectivity index is 3.34. The van der Waals surface area contributed by atoms with E-state index in [1.54, 1.807) is 0 Å². The van der Waals surface area contributed by atoms with Gasteiger partial charge in [-0.3, -0.25) is 0 Å². The molecule has 0 aliphatic rings. The minimum absolute atomic E-state index is 1.08. The molecule has 1 rings (SSSR count). The second kappa shape index (κ2) is 4.80. The molecule has 74 valence electrons. The second-order valence-corrected chi connectivity index (χ2v) is 3.37. The molecule has 1 aromatic rings. The lowest BCUT2D eigenvalue weighted by molar-refractivity contribution is 1.03. The van der Waals surface area contributed by atoms with Gasteiger partial charge < -0.3 is 0 Å². The zero-order valence-electron chi connectivity index (χ0n) is 9.14. The Bertz CT molecular complexity index is 310. The molecule has 0 bridgehead atoms. The van der Waals surface area contributed by atoms with Crippen molar-refractivity contribution in [3.05, 3.63) is 47.5 Å². The van der Waals surface area contributed by atoms with Crippen LogP contribution in [0, 0.1) is 0 Å². The summed E-state index contributed by atoms with van der Waals surface area (Å²) in [4.78, 5) is 0. The van der Waals surface area contributed by atoms with Crippen LogP contribution in [0.5, 0.6) is 0 Å². The van der Waals surface area contributed by atoms with E-state index in [2.05, 4.69) is 39.1 Å². The maximum atomic E-state index is 3.82. The van der Waals surface area contributed by atoms with Crippen molar-refractivity contribution in [1.82, 2.24) is 0 Å². The molecule has 14 heavy (non-hydrogen) atoms. The molecule has 0 aromatic heterocycles. The van der Waals surface area contributed by atoms with E-state index in [1.165, 1.54) is 22.3 Å². The first kappa shape index (κ1) is 10.8. The summed E-state index contributed by atoms with van der Waals surface area (Å²) >= 11 is 0. The zero-order valence-corrected chi connectivity index (χ0v) is 9.14. The van der Waals surface area contributed by atoms with Crippen molar-refractivity contribution in [3.8, 4) is 0 Å². The fraction of sp³-hybridized carbons (Fsp3) is 0.286. The number of hydrogen-bond acceptors (Lipinski definition) is 0. The molecule has 0 radical (unpaired) electrons. The van der Waals surface area contributed by atoms with Gasteiger partial charge in [-0.2, -0.15) is 0 Å². The van der Waals surface area contributed by atoms with E-state index >= 15 is 0 Å². The first-order valence-electron chi connectivity index (χ1n) is 5.17. The molecular formula is C14H18. The van der Waals surface area contributed by atoms with Gasteiger partial charge in [0.1, 0.15) is 0 Å². The number of aryl methyl sites for hydroxylation is 2. The maximum Gasteiger partial charge on any atom is -0.0187 e. The van der Waals surface area contributed by atoms with Gasteiger partial charge >= 0.3 is 0 Å². The van der Waals surface area contributed by atoms with Gasteiger partial charge in [0, 0.05) is 0 Å². The third kappa shape index (κ3) is 1.95. The van der Waals surface area contributed by atoms with Crippen molar-refractivity contribution >= 4 is 12.2 Å². The van der Waals surface area contributed by atoms with Crippen LogP contribution in [0.15, 0.2) is 25.3 Å². The SMILES string of the molecule is C=Cc1cc(CC)c(CC)cc1C=C. The monoisotopic (exact) mass is 186 g/mol. The highest BCUT2D eigenvalue weighted by Crippen LogP contribution is 2.20. The van der Waals surface area contributed by atoms with Crippen LogP contribution in [-0.4, -0.2) is 0 Å². The van der Waals surface area contributed by atoms with Crippen molar-refractivity contribution < 1.29 is 0 Å². The van der Waals surface area contributed by atoms with Gasteiger partial charge in [-0.1, -0.05) is 51.3 Å². The normalized spacial score (nSPS) is 9.86. The largest absolute Gasteiger partial charge is 0.0984 e. The topological polar surface area (TPSA) is 0 Å². The summed E-state index contributed by atoms with van der Waals surface area (Å²) < 4.78 is 0. The Hall–Kier alpha value is -1.30. The third-order valence-corrected chi connectivity index (χ3v) is 2.61. The molecule has 0 N–H and O–H groups in total. The van der Waals surface area contributed by atoms with Crippen LogP contribution in [0.25, 0.3) is 12.2 Å². The van der Waals surface area contributed by atoms with E-state index in [9.17, 15) is 0 Å². The summed E-state index contributed by atoms with van der Waals surface area (Å²) in [7, 11) is 0. The smallest absolute Gasteiger partial charge is 0.0187 e. The fourth-order valence-corrected chi connectivity index (χ4v) is 1.74. The van der Waals surface area contributed by atoms with Crippen LogP contribution < -0.4 is 0 Å². The number of rotatable bonds is 4.